The van der Waals surface area contributed by atoms with Crippen molar-refractivity contribution in [2.45, 2.75) is 12.8 Å². The van der Waals surface area contributed by atoms with Crippen molar-refractivity contribution in [2.75, 3.05) is 36.9 Å². The lowest BCUT2D eigenvalue weighted by atomic mass is 10.0. The number of fused-ring (bicyclic) bond motifs is 1. The molecule has 1 aromatic rings. The topological polar surface area (TPSA) is 44.5 Å². The summed E-state index contributed by atoms with van der Waals surface area (Å²) in [4.78, 5) is 4.75. The predicted octanol–water partition coefficient (Wildman–Crippen LogP) is 1.36. The molecular weight excluding hydrogens is 224 g/mol. The Morgan fingerprint density at radius 3 is 3.06 bits per heavy atom. The molecule has 3 rings (SSSR count). The van der Waals surface area contributed by atoms with Gasteiger partial charge in [-0.3, -0.25) is 0 Å². The maximum absolute atomic E-state index is 5.90. The molecule has 0 fully saturated rings. The van der Waals surface area contributed by atoms with Gasteiger partial charge in [-0.2, -0.15) is 0 Å². The Balaban J connectivity index is 1.70. The van der Waals surface area contributed by atoms with Gasteiger partial charge in [-0.25, -0.2) is 0 Å². The van der Waals surface area contributed by atoms with Gasteiger partial charge in [0.2, 0.25) is 0 Å². The first kappa shape index (κ1) is 11.3. The maximum atomic E-state index is 5.90. The minimum absolute atomic E-state index is 0.864. The standard InChI is InChI=1S/C14H20N4/c15-13-4-3-12-2-1-6-18(14(12)10-13)9-8-17-7-5-16-11-17/h3-5,7,10,16H,1-2,6,8-9,11,15H2. The molecule has 0 saturated heterocycles. The van der Waals surface area contributed by atoms with Crippen molar-refractivity contribution in [1.82, 2.24) is 10.2 Å². The Kier molecular flexibility index (Phi) is 3.00. The molecule has 0 bridgehead atoms. The summed E-state index contributed by atoms with van der Waals surface area (Å²) in [5.41, 5.74) is 9.53. The zero-order valence-electron chi connectivity index (χ0n) is 10.6. The summed E-state index contributed by atoms with van der Waals surface area (Å²) < 4.78 is 0. The van der Waals surface area contributed by atoms with Gasteiger partial charge in [-0.1, -0.05) is 6.07 Å². The molecule has 4 nitrogen and oxygen atoms in total. The van der Waals surface area contributed by atoms with Crippen molar-refractivity contribution in [3.05, 3.63) is 36.2 Å². The third-order valence-electron chi connectivity index (χ3n) is 3.68. The van der Waals surface area contributed by atoms with Crippen LogP contribution >= 0.6 is 0 Å². The van der Waals surface area contributed by atoms with E-state index in [9.17, 15) is 0 Å². The molecule has 2 aliphatic heterocycles. The highest BCUT2D eigenvalue weighted by molar-refractivity contribution is 5.62. The molecule has 4 heteroatoms. The molecular formula is C14H20N4. The minimum atomic E-state index is 0.864. The van der Waals surface area contributed by atoms with E-state index < -0.39 is 0 Å². The number of nitrogens with two attached hydrogens (primary N) is 1. The SMILES string of the molecule is Nc1ccc2c(c1)N(CCN1C=CNC1)CCC2. The monoisotopic (exact) mass is 244 g/mol. The van der Waals surface area contributed by atoms with Crippen molar-refractivity contribution in [2.24, 2.45) is 0 Å². The minimum Gasteiger partial charge on any atom is -0.399 e. The van der Waals surface area contributed by atoms with E-state index in [2.05, 4.69) is 33.4 Å². The smallest absolute Gasteiger partial charge is 0.0868 e. The first-order valence-electron chi connectivity index (χ1n) is 6.60. The van der Waals surface area contributed by atoms with Crippen LogP contribution in [0.15, 0.2) is 30.6 Å². The summed E-state index contributed by atoms with van der Waals surface area (Å²) in [7, 11) is 0. The van der Waals surface area contributed by atoms with Crippen LogP contribution in [0, 0.1) is 0 Å². The highest BCUT2D eigenvalue weighted by Gasteiger charge is 2.17. The molecule has 1 aromatic carbocycles. The van der Waals surface area contributed by atoms with Gasteiger partial charge in [0, 0.05) is 43.4 Å². The number of rotatable bonds is 3. The molecule has 0 unspecified atom stereocenters. The summed E-state index contributed by atoms with van der Waals surface area (Å²) >= 11 is 0. The molecule has 96 valence electrons. The quantitative estimate of drug-likeness (QED) is 0.788. The highest BCUT2D eigenvalue weighted by Crippen LogP contribution is 2.28. The Morgan fingerprint density at radius 1 is 1.28 bits per heavy atom. The number of nitrogens with one attached hydrogen (secondary N) is 1. The van der Waals surface area contributed by atoms with Gasteiger partial charge in [0.1, 0.15) is 0 Å². The van der Waals surface area contributed by atoms with Crippen molar-refractivity contribution in [3.63, 3.8) is 0 Å². The molecule has 0 saturated carbocycles. The molecule has 2 heterocycles. The van der Waals surface area contributed by atoms with Gasteiger partial charge >= 0.3 is 0 Å². The van der Waals surface area contributed by atoms with E-state index in [4.69, 9.17) is 5.73 Å². The van der Waals surface area contributed by atoms with Crippen LogP contribution in [0.3, 0.4) is 0 Å². The lowest BCUT2D eigenvalue weighted by Gasteiger charge is -2.32. The van der Waals surface area contributed by atoms with E-state index in [-0.39, 0.29) is 0 Å². The zero-order valence-corrected chi connectivity index (χ0v) is 10.6. The van der Waals surface area contributed by atoms with E-state index in [0.717, 1.165) is 32.0 Å². The fourth-order valence-electron chi connectivity index (χ4n) is 2.68. The molecule has 2 aliphatic rings. The van der Waals surface area contributed by atoms with Crippen LogP contribution in [-0.4, -0.2) is 31.2 Å². The second-order valence-electron chi connectivity index (χ2n) is 4.97. The molecule has 0 spiro atoms. The molecule has 0 radical (unpaired) electrons. The van der Waals surface area contributed by atoms with E-state index in [1.807, 2.05) is 12.3 Å². The molecule has 0 aliphatic carbocycles. The van der Waals surface area contributed by atoms with Gasteiger partial charge < -0.3 is 20.9 Å². The number of nitrogens with zero attached hydrogens (tertiary/aromatic N) is 2. The van der Waals surface area contributed by atoms with Gasteiger partial charge in [-0.05, 0) is 30.5 Å². The molecule has 18 heavy (non-hydrogen) atoms. The van der Waals surface area contributed by atoms with Crippen molar-refractivity contribution in [1.29, 1.82) is 0 Å². The van der Waals surface area contributed by atoms with Crippen LogP contribution in [0.1, 0.15) is 12.0 Å². The first-order chi connectivity index (χ1) is 8.83. The van der Waals surface area contributed by atoms with Crippen LogP contribution in [-0.2, 0) is 6.42 Å². The molecule has 0 amide bonds. The second kappa shape index (κ2) is 4.80. The number of hydrogen-bond donors (Lipinski definition) is 2. The second-order valence-corrected chi connectivity index (χ2v) is 4.97. The van der Waals surface area contributed by atoms with Gasteiger partial charge in [0.25, 0.3) is 0 Å². The third kappa shape index (κ3) is 2.23. The van der Waals surface area contributed by atoms with Crippen LogP contribution in [0.5, 0.6) is 0 Å². The predicted molar refractivity (Wildman–Crippen MR) is 75.2 cm³/mol. The highest BCUT2D eigenvalue weighted by atomic mass is 15.3. The van der Waals surface area contributed by atoms with E-state index in [1.165, 1.54) is 24.1 Å². The zero-order chi connectivity index (χ0) is 12.4. The van der Waals surface area contributed by atoms with Crippen molar-refractivity contribution in [3.8, 4) is 0 Å². The Labute approximate surface area is 108 Å². The average molecular weight is 244 g/mol. The van der Waals surface area contributed by atoms with Crippen LogP contribution in [0.4, 0.5) is 11.4 Å². The summed E-state index contributed by atoms with van der Waals surface area (Å²) in [5.74, 6) is 0. The fraction of sp³-hybridized carbons (Fsp3) is 0.429. The largest absolute Gasteiger partial charge is 0.399 e. The molecule has 0 aromatic heterocycles. The summed E-state index contributed by atoms with van der Waals surface area (Å²) in [6, 6.07) is 6.30. The molecule has 0 atom stereocenters. The summed E-state index contributed by atoms with van der Waals surface area (Å²) in [5, 5.41) is 3.20. The number of aryl methyl sites for hydroxylation is 1. The Hall–Kier alpha value is -1.84. The van der Waals surface area contributed by atoms with Gasteiger partial charge in [-0.15, -0.1) is 0 Å². The first-order valence-corrected chi connectivity index (χ1v) is 6.60. The molecule has 3 N–H and O–H groups in total. The fourth-order valence-corrected chi connectivity index (χ4v) is 2.68. The lowest BCUT2D eigenvalue weighted by Crippen LogP contribution is -2.36. The lowest BCUT2D eigenvalue weighted by molar-refractivity contribution is 0.394. The number of benzene rings is 1. The Morgan fingerprint density at radius 2 is 2.22 bits per heavy atom. The van der Waals surface area contributed by atoms with E-state index in [0.29, 0.717) is 0 Å². The third-order valence-corrected chi connectivity index (χ3v) is 3.68. The Bertz CT molecular complexity index is 455. The van der Waals surface area contributed by atoms with Crippen LogP contribution in [0.2, 0.25) is 0 Å². The van der Waals surface area contributed by atoms with Crippen LogP contribution in [0.25, 0.3) is 0 Å². The van der Waals surface area contributed by atoms with Crippen molar-refractivity contribution >= 4 is 11.4 Å². The van der Waals surface area contributed by atoms with Crippen molar-refractivity contribution < 1.29 is 0 Å². The normalized spacial score (nSPS) is 17.8. The van der Waals surface area contributed by atoms with Crippen LogP contribution < -0.4 is 16.0 Å². The summed E-state index contributed by atoms with van der Waals surface area (Å²) in [6.07, 6.45) is 6.54. The number of anilines is 2. The van der Waals surface area contributed by atoms with Gasteiger partial charge in [0.15, 0.2) is 0 Å². The van der Waals surface area contributed by atoms with Gasteiger partial charge in [0.05, 0.1) is 6.67 Å². The summed E-state index contributed by atoms with van der Waals surface area (Å²) in [6.45, 7) is 4.18. The van der Waals surface area contributed by atoms with E-state index in [1.54, 1.807) is 0 Å². The maximum Gasteiger partial charge on any atom is 0.0868 e. The van der Waals surface area contributed by atoms with E-state index >= 15 is 0 Å². The number of nitrogen functional groups attached to an aromatic ring is 1. The average Bonchev–Trinajstić information content (AvgIpc) is 2.89. The number of hydrogen-bond acceptors (Lipinski definition) is 4.